The summed E-state index contributed by atoms with van der Waals surface area (Å²) in [5.74, 6) is 0.0508. The molecule has 0 aromatic heterocycles. The average Bonchev–Trinajstić information content (AvgIpc) is 2.28. The van der Waals surface area contributed by atoms with Gasteiger partial charge in [-0.3, -0.25) is 0 Å². The van der Waals surface area contributed by atoms with Crippen LogP contribution < -0.4 is 0 Å². The lowest BCUT2D eigenvalue weighted by molar-refractivity contribution is -0.130. The molecule has 1 aliphatic rings. The molecular weight excluding hydrogens is 156 g/mol. The van der Waals surface area contributed by atoms with E-state index in [2.05, 4.69) is 4.99 Å². The van der Waals surface area contributed by atoms with Crippen molar-refractivity contribution >= 4 is 11.9 Å². The molecule has 0 fully saturated rings. The summed E-state index contributed by atoms with van der Waals surface area (Å²) in [4.78, 5) is 16.9. The Morgan fingerprint density at radius 3 is 2.42 bits per heavy atom. The summed E-state index contributed by atoms with van der Waals surface area (Å²) in [6.07, 6.45) is 0. The molecule has 0 radical (unpaired) electrons. The first-order valence-corrected chi connectivity index (χ1v) is 3.68. The third-order valence-corrected chi connectivity index (χ3v) is 1.72. The van der Waals surface area contributed by atoms with E-state index in [1.165, 1.54) is 0 Å². The molecule has 4 heteroatoms. The molecule has 0 N–H and O–H groups in total. The van der Waals surface area contributed by atoms with E-state index in [1.54, 1.807) is 6.92 Å². The Labute approximate surface area is 71.5 Å². The highest BCUT2D eigenvalue weighted by molar-refractivity contribution is 6.04. The Bertz CT molecular complexity index is 277. The molecule has 0 saturated heterocycles. The first-order valence-electron chi connectivity index (χ1n) is 3.68. The van der Waals surface area contributed by atoms with E-state index in [4.69, 9.17) is 4.74 Å². The van der Waals surface area contributed by atoms with Crippen molar-refractivity contribution in [2.45, 2.75) is 13.8 Å². The maximum atomic E-state index is 11.1. The van der Waals surface area contributed by atoms with Crippen molar-refractivity contribution in [1.29, 1.82) is 0 Å². The van der Waals surface area contributed by atoms with Crippen molar-refractivity contribution in [2.24, 2.45) is 4.99 Å². The number of nitrogens with zero attached hydrogens (tertiary/aromatic N) is 2. The van der Waals surface area contributed by atoms with E-state index >= 15 is 0 Å². The van der Waals surface area contributed by atoms with E-state index in [1.807, 2.05) is 25.9 Å². The first kappa shape index (κ1) is 8.77. The van der Waals surface area contributed by atoms with Crippen molar-refractivity contribution in [2.75, 3.05) is 14.1 Å². The molecule has 0 amide bonds. The lowest BCUT2D eigenvalue weighted by Crippen LogP contribution is -2.13. The number of aliphatic imine (C=N–C) groups is 1. The van der Waals surface area contributed by atoms with Crippen LogP contribution in [0, 0.1) is 0 Å². The van der Waals surface area contributed by atoms with Gasteiger partial charge in [0, 0.05) is 26.7 Å². The Morgan fingerprint density at radius 1 is 1.50 bits per heavy atom. The van der Waals surface area contributed by atoms with Crippen molar-refractivity contribution in [3.05, 3.63) is 11.4 Å². The van der Waals surface area contributed by atoms with Gasteiger partial charge in [0.15, 0.2) is 11.6 Å². The average molecular weight is 168 g/mol. The van der Waals surface area contributed by atoms with E-state index in [-0.39, 0.29) is 5.97 Å². The Kier molecular flexibility index (Phi) is 2.17. The quantitative estimate of drug-likeness (QED) is 0.428. The van der Waals surface area contributed by atoms with Crippen molar-refractivity contribution in [3.63, 3.8) is 0 Å². The van der Waals surface area contributed by atoms with Gasteiger partial charge in [0.1, 0.15) is 0 Å². The number of carbonyl (C=O) groups is 1. The highest BCUT2D eigenvalue weighted by Gasteiger charge is 2.22. The van der Waals surface area contributed by atoms with E-state index < -0.39 is 0 Å². The molecule has 12 heavy (non-hydrogen) atoms. The highest BCUT2D eigenvalue weighted by atomic mass is 16.6. The topological polar surface area (TPSA) is 41.9 Å². The van der Waals surface area contributed by atoms with Gasteiger partial charge in [0.2, 0.25) is 0 Å². The SMILES string of the molecule is CC1=N/C(=C(\C)N(C)C)C(=O)O1. The Hall–Kier alpha value is -1.32. The van der Waals surface area contributed by atoms with Gasteiger partial charge in [0.25, 0.3) is 0 Å². The molecule has 0 bridgehead atoms. The highest BCUT2D eigenvalue weighted by Crippen LogP contribution is 2.15. The number of cyclic esters (lactones) is 1. The van der Waals surface area contributed by atoms with Crippen molar-refractivity contribution < 1.29 is 9.53 Å². The summed E-state index contributed by atoms with van der Waals surface area (Å²) in [5.41, 5.74) is 1.22. The summed E-state index contributed by atoms with van der Waals surface area (Å²) in [6, 6.07) is 0. The van der Waals surface area contributed by atoms with E-state index in [0.29, 0.717) is 11.6 Å². The number of ether oxygens (including phenoxy) is 1. The molecule has 0 atom stereocenters. The van der Waals surface area contributed by atoms with Crippen LogP contribution in [0.5, 0.6) is 0 Å². The fourth-order valence-corrected chi connectivity index (χ4v) is 0.849. The summed E-state index contributed by atoms with van der Waals surface area (Å²) >= 11 is 0. The monoisotopic (exact) mass is 168 g/mol. The van der Waals surface area contributed by atoms with E-state index in [0.717, 1.165) is 5.70 Å². The van der Waals surface area contributed by atoms with Crippen LogP contribution in [0.1, 0.15) is 13.8 Å². The molecule has 0 spiro atoms. The second kappa shape index (κ2) is 2.97. The molecule has 0 aromatic rings. The molecule has 66 valence electrons. The maximum absolute atomic E-state index is 11.1. The number of hydrogen-bond donors (Lipinski definition) is 0. The van der Waals surface area contributed by atoms with Gasteiger partial charge in [-0.05, 0) is 6.92 Å². The van der Waals surface area contributed by atoms with Crippen LogP contribution in [0.4, 0.5) is 0 Å². The molecule has 1 aliphatic heterocycles. The fraction of sp³-hybridized carbons (Fsp3) is 0.500. The number of allylic oxidation sites excluding steroid dienone is 1. The molecule has 4 nitrogen and oxygen atoms in total. The molecular formula is C8H12N2O2. The van der Waals surface area contributed by atoms with Crippen LogP contribution in [-0.4, -0.2) is 30.9 Å². The smallest absolute Gasteiger partial charge is 0.365 e. The number of rotatable bonds is 1. The largest absolute Gasteiger partial charge is 0.407 e. The van der Waals surface area contributed by atoms with E-state index in [9.17, 15) is 4.79 Å². The Balaban J connectivity index is 3.02. The summed E-state index contributed by atoms with van der Waals surface area (Å²) in [6.45, 7) is 3.49. The van der Waals surface area contributed by atoms with Gasteiger partial charge in [-0.2, -0.15) is 0 Å². The minimum absolute atomic E-state index is 0.362. The van der Waals surface area contributed by atoms with Crippen molar-refractivity contribution in [1.82, 2.24) is 4.90 Å². The summed E-state index contributed by atoms with van der Waals surface area (Å²) < 4.78 is 4.77. The predicted molar refractivity (Wildman–Crippen MR) is 45.6 cm³/mol. The first-order chi connectivity index (χ1) is 5.52. The van der Waals surface area contributed by atoms with Gasteiger partial charge in [-0.1, -0.05) is 0 Å². The molecule has 1 heterocycles. The van der Waals surface area contributed by atoms with Crippen LogP contribution >= 0.6 is 0 Å². The zero-order valence-corrected chi connectivity index (χ0v) is 7.71. The number of carbonyl (C=O) groups excluding carboxylic acids is 1. The molecule has 0 saturated carbocycles. The van der Waals surface area contributed by atoms with Gasteiger partial charge in [-0.25, -0.2) is 9.79 Å². The van der Waals surface area contributed by atoms with Crippen LogP contribution in [-0.2, 0) is 9.53 Å². The zero-order valence-electron chi connectivity index (χ0n) is 7.71. The second-order valence-corrected chi connectivity index (χ2v) is 2.85. The minimum Gasteiger partial charge on any atom is -0.407 e. The number of hydrogen-bond acceptors (Lipinski definition) is 4. The second-order valence-electron chi connectivity index (χ2n) is 2.85. The molecule has 0 unspecified atom stereocenters. The normalized spacial score (nSPS) is 20.3. The van der Waals surface area contributed by atoms with Crippen molar-refractivity contribution in [3.8, 4) is 0 Å². The lowest BCUT2D eigenvalue weighted by Gasteiger charge is -2.12. The van der Waals surface area contributed by atoms with Gasteiger partial charge in [0.05, 0.1) is 0 Å². The maximum Gasteiger partial charge on any atom is 0.365 e. The Morgan fingerprint density at radius 2 is 2.08 bits per heavy atom. The van der Waals surface area contributed by atoms with Crippen LogP contribution in [0.15, 0.2) is 16.4 Å². The summed E-state index contributed by atoms with van der Waals surface area (Å²) in [5, 5.41) is 0. The van der Waals surface area contributed by atoms with Crippen LogP contribution in [0.2, 0.25) is 0 Å². The number of esters is 1. The fourth-order valence-electron chi connectivity index (χ4n) is 0.849. The third-order valence-electron chi connectivity index (χ3n) is 1.72. The zero-order chi connectivity index (χ0) is 9.30. The van der Waals surface area contributed by atoms with Crippen LogP contribution in [0.3, 0.4) is 0 Å². The summed E-state index contributed by atoms with van der Waals surface area (Å²) in [7, 11) is 3.72. The standard InChI is InChI=1S/C8H12N2O2/c1-5(10(3)4)7-8(11)12-6(2)9-7/h1-4H3/b7-5+. The molecule has 0 aliphatic carbocycles. The van der Waals surface area contributed by atoms with Gasteiger partial charge >= 0.3 is 5.97 Å². The molecule has 0 aromatic carbocycles. The van der Waals surface area contributed by atoms with Crippen LogP contribution in [0.25, 0.3) is 0 Å². The predicted octanol–water partition coefficient (Wildman–Crippen LogP) is 0.755. The third kappa shape index (κ3) is 1.47. The minimum atomic E-state index is -0.362. The lowest BCUT2D eigenvalue weighted by atomic mass is 10.3. The molecule has 1 rings (SSSR count). The van der Waals surface area contributed by atoms with Gasteiger partial charge in [-0.15, -0.1) is 0 Å². The van der Waals surface area contributed by atoms with Gasteiger partial charge < -0.3 is 9.64 Å².